The lowest BCUT2D eigenvalue weighted by atomic mass is 9.95. The number of carbonyl (C=O) groups is 2. The van der Waals surface area contributed by atoms with Crippen LogP contribution in [-0.2, 0) is 29.0 Å². The maximum Gasteiger partial charge on any atom is 0.306 e. The number of hydrogen-bond donors (Lipinski definition) is 1. The molecule has 0 unspecified atom stereocenters. The molecule has 1 aliphatic heterocycles. The summed E-state index contributed by atoms with van der Waals surface area (Å²) in [6, 6.07) is 4.20. The molecule has 2 aromatic rings. The Labute approximate surface area is 203 Å². The van der Waals surface area contributed by atoms with Crippen molar-refractivity contribution in [1.82, 2.24) is 9.47 Å². The quantitative estimate of drug-likeness (QED) is 0.604. The van der Waals surface area contributed by atoms with Crippen LogP contribution in [0.15, 0.2) is 23.0 Å². The molecule has 1 aromatic heterocycles. The predicted octanol–water partition coefficient (Wildman–Crippen LogP) is 4.40. The van der Waals surface area contributed by atoms with Gasteiger partial charge in [-0.2, -0.15) is 0 Å². The number of aromatic hydroxyl groups is 1. The summed E-state index contributed by atoms with van der Waals surface area (Å²) in [4.78, 5) is 40.2. The fraction of sp³-hybridized carbons (Fsp3) is 0.480. The molecule has 1 N–H and O–H groups in total. The minimum atomic E-state index is -0.636. The number of rotatable bonds is 6. The van der Waals surface area contributed by atoms with Gasteiger partial charge in [-0.25, -0.2) is 4.39 Å². The van der Waals surface area contributed by atoms with Crippen LogP contribution in [0.2, 0.25) is 5.02 Å². The summed E-state index contributed by atoms with van der Waals surface area (Å²) in [5, 5.41) is 10.7. The highest BCUT2D eigenvalue weighted by atomic mass is 35.5. The highest BCUT2D eigenvalue weighted by Crippen LogP contribution is 2.29. The van der Waals surface area contributed by atoms with E-state index >= 15 is 0 Å². The van der Waals surface area contributed by atoms with Crippen LogP contribution in [0.1, 0.15) is 74.3 Å². The fourth-order valence-corrected chi connectivity index (χ4v) is 4.40. The lowest BCUT2D eigenvalue weighted by Crippen LogP contribution is -2.43. The van der Waals surface area contributed by atoms with Gasteiger partial charge in [-0.3, -0.25) is 14.4 Å². The van der Waals surface area contributed by atoms with E-state index in [1.54, 1.807) is 25.3 Å². The van der Waals surface area contributed by atoms with Crippen molar-refractivity contribution < 1.29 is 23.8 Å². The second-order valence-corrected chi connectivity index (χ2v) is 10.2. The third-order valence-corrected chi connectivity index (χ3v) is 5.88. The number of esters is 1. The van der Waals surface area contributed by atoms with E-state index in [4.69, 9.17) is 16.3 Å². The summed E-state index contributed by atoms with van der Waals surface area (Å²) < 4.78 is 20.5. The van der Waals surface area contributed by atoms with Gasteiger partial charge in [-0.05, 0) is 50.8 Å². The first-order valence-corrected chi connectivity index (χ1v) is 11.6. The van der Waals surface area contributed by atoms with Crippen LogP contribution in [0.5, 0.6) is 5.75 Å². The van der Waals surface area contributed by atoms with Gasteiger partial charge in [-0.1, -0.05) is 31.5 Å². The summed E-state index contributed by atoms with van der Waals surface area (Å²) >= 11 is 5.86. The lowest BCUT2D eigenvalue weighted by Gasteiger charge is -2.33. The van der Waals surface area contributed by atoms with Crippen LogP contribution in [-0.4, -0.2) is 38.6 Å². The number of amides is 1. The number of hydrogen-bond acceptors (Lipinski definition) is 5. The number of nitrogens with zero attached hydrogens (tertiary/aromatic N) is 2. The Morgan fingerprint density at radius 1 is 1.24 bits per heavy atom. The summed E-state index contributed by atoms with van der Waals surface area (Å²) in [6.45, 7) is 9.76. The van der Waals surface area contributed by atoms with Gasteiger partial charge in [0.25, 0.3) is 5.91 Å². The van der Waals surface area contributed by atoms with E-state index in [2.05, 4.69) is 0 Å². The zero-order chi connectivity index (χ0) is 25.4. The van der Waals surface area contributed by atoms with Gasteiger partial charge in [-0.15, -0.1) is 0 Å². The van der Waals surface area contributed by atoms with Crippen LogP contribution < -0.4 is 5.43 Å². The standard InChI is InChI=1S/C25H30ClFN2O5/c1-14(2)20-18(8-9-19(30)34-25(3,4)5)29-11-10-28(24(33)21(29)23(32)22(20)31)13-15-6-7-17(27)16(26)12-15/h6-7,12,14,32H,8-11,13H2,1-5H3. The average Bonchev–Trinajstić information content (AvgIpc) is 2.72. The molecule has 7 nitrogen and oxygen atoms in total. The summed E-state index contributed by atoms with van der Waals surface area (Å²) in [7, 11) is 0. The van der Waals surface area contributed by atoms with Gasteiger partial charge < -0.3 is 19.3 Å². The molecule has 0 bridgehead atoms. The van der Waals surface area contributed by atoms with Crippen molar-refractivity contribution in [2.75, 3.05) is 6.54 Å². The van der Waals surface area contributed by atoms with Gasteiger partial charge in [0.1, 0.15) is 11.4 Å². The Kier molecular flexibility index (Phi) is 7.41. The van der Waals surface area contributed by atoms with E-state index < -0.39 is 34.5 Å². The summed E-state index contributed by atoms with van der Waals surface area (Å²) in [5.74, 6) is -2.30. The maximum absolute atomic E-state index is 13.5. The van der Waals surface area contributed by atoms with E-state index in [1.165, 1.54) is 23.1 Å². The molecule has 0 atom stereocenters. The van der Waals surface area contributed by atoms with Crippen molar-refractivity contribution in [2.24, 2.45) is 0 Å². The van der Waals surface area contributed by atoms with Gasteiger partial charge >= 0.3 is 5.97 Å². The molecule has 0 spiro atoms. The van der Waals surface area contributed by atoms with Crippen molar-refractivity contribution in [2.45, 2.75) is 72.1 Å². The monoisotopic (exact) mass is 492 g/mol. The Hall–Kier alpha value is -2.87. The summed E-state index contributed by atoms with van der Waals surface area (Å²) in [6.07, 6.45) is 0.235. The largest absolute Gasteiger partial charge is 0.503 e. The van der Waals surface area contributed by atoms with E-state index in [1.807, 2.05) is 13.8 Å². The molecule has 9 heteroatoms. The molecular weight excluding hydrogens is 463 g/mol. The minimum absolute atomic E-state index is 0.0344. The van der Waals surface area contributed by atoms with Crippen LogP contribution in [0, 0.1) is 5.82 Å². The molecule has 0 fully saturated rings. The molecule has 3 rings (SSSR count). The highest BCUT2D eigenvalue weighted by Gasteiger charge is 2.33. The van der Waals surface area contributed by atoms with Gasteiger partial charge in [0.15, 0.2) is 11.4 Å². The zero-order valence-corrected chi connectivity index (χ0v) is 20.8. The first kappa shape index (κ1) is 25.7. The number of ether oxygens (including phenoxy) is 1. The second-order valence-electron chi connectivity index (χ2n) is 9.75. The van der Waals surface area contributed by atoms with Crippen LogP contribution in [0.3, 0.4) is 0 Å². The third kappa shape index (κ3) is 5.43. The lowest BCUT2D eigenvalue weighted by molar-refractivity contribution is -0.154. The Balaban J connectivity index is 1.98. The molecule has 0 radical (unpaired) electrons. The zero-order valence-electron chi connectivity index (χ0n) is 20.1. The number of fused-ring (bicyclic) bond motifs is 1. The van der Waals surface area contributed by atoms with Crippen molar-refractivity contribution in [3.63, 3.8) is 0 Å². The molecule has 184 valence electrons. The Morgan fingerprint density at radius 2 is 1.91 bits per heavy atom. The van der Waals surface area contributed by atoms with E-state index in [-0.39, 0.29) is 36.0 Å². The Bertz CT molecular complexity index is 1180. The van der Waals surface area contributed by atoms with Gasteiger partial charge in [0.2, 0.25) is 5.43 Å². The van der Waals surface area contributed by atoms with E-state index in [0.29, 0.717) is 29.9 Å². The van der Waals surface area contributed by atoms with Gasteiger partial charge in [0.05, 0.1) is 11.4 Å². The number of benzene rings is 1. The smallest absolute Gasteiger partial charge is 0.306 e. The normalized spacial score (nSPS) is 13.9. The topological polar surface area (TPSA) is 88.8 Å². The molecule has 34 heavy (non-hydrogen) atoms. The van der Waals surface area contributed by atoms with E-state index in [9.17, 15) is 23.9 Å². The van der Waals surface area contributed by atoms with Crippen molar-refractivity contribution in [3.05, 3.63) is 61.8 Å². The average molecular weight is 493 g/mol. The highest BCUT2D eigenvalue weighted by molar-refractivity contribution is 6.30. The number of halogens is 2. The maximum atomic E-state index is 13.5. The molecule has 2 heterocycles. The molecule has 0 saturated carbocycles. The van der Waals surface area contributed by atoms with Crippen LogP contribution in [0.4, 0.5) is 4.39 Å². The van der Waals surface area contributed by atoms with Crippen molar-refractivity contribution in [1.29, 1.82) is 0 Å². The molecular formula is C25H30ClFN2O5. The second kappa shape index (κ2) is 9.78. The fourth-order valence-electron chi connectivity index (χ4n) is 4.20. The molecule has 0 saturated heterocycles. The summed E-state index contributed by atoms with van der Waals surface area (Å²) in [5.41, 5.74) is 0.212. The Morgan fingerprint density at radius 3 is 2.50 bits per heavy atom. The first-order chi connectivity index (χ1) is 15.8. The van der Waals surface area contributed by atoms with Crippen molar-refractivity contribution in [3.8, 4) is 5.75 Å². The predicted molar refractivity (Wildman–Crippen MR) is 127 cm³/mol. The van der Waals surface area contributed by atoms with E-state index in [0.717, 1.165) is 0 Å². The molecule has 1 aliphatic rings. The van der Waals surface area contributed by atoms with Crippen molar-refractivity contribution >= 4 is 23.5 Å². The van der Waals surface area contributed by atoms with Crippen LogP contribution >= 0.6 is 11.6 Å². The molecule has 0 aliphatic carbocycles. The first-order valence-electron chi connectivity index (χ1n) is 11.2. The third-order valence-electron chi connectivity index (χ3n) is 5.59. The molecule has 1 amide bonds. The number of pyridine rings is 1. The van der Waals surface area contributed by atoms with Crippen LogP contribution in [0.25, 0.3) is 0 Å². The molecule has 1 aromatic carbocycles. The van der Waals surface area contributed by atoms with Gasteiger partial charge in [0, 0.05) is 30.9 Å². The number of aromatic nitrogens is 1. The number of carbonyl (C=O) groups excluding carboxylic acids is 2. The SMILES string of the molecule is CC(C)c1c(CCC(=O)OC(C)(C)C)n2c(c(O)c1=O)C(=O)N(Cc1ccc(F)c(Cl)c1)CC2. The minimum Gasteiger partial charge on any atom is -0.503 e.